The number of aliphatic hydroxyl groups excluding tert-OH is 1. The second-order valence-electron chi connectivity index (χ2n) is 9.42. The molecule has 2 N–H and O–H groups in total. The molecule has 3 heterocycles. The number of thiazole rings is 1. The van der Waals surface area contributed by atoms with E-state index in [2.05, 4.69) is 4.98 Å². The molecule has 1 fully saturated rings. The van der Waals surface area contributed by atoms with E-state index >= 15 is 0 Å². The van der Waals surface area contributed by atoms with Crippen LogP contribution in [0.15, 0.2) is 42.0 Å². The highest BCUT2D eigenvalue weighted by atomic mass is 32.1. The molecule has 5 rings (SSSR count). The average molecular weight is 565 g/mol. The summed E-state index contributed by atoms with van der Waals surface area (Å²) in [5, 5.41) is 21.9. The number of ether oxygens (including phenoxy) is 3. The van der Waals surface area contributed by atoms with Crippen molar-refractivity contribution in [1.82, 2.24) is 4.98 Å². The number of hydrogen-bond donors (Lipinski definition) is 2. The lowest BCUT2D eigenvalue weighted by Gasteiger charge is -2.23. The molecule has 208 valence electrons. The van der Waals surface area contributed by atoms with Gasteiger partial charge in [-0.15, -0.1) is 0 Å². The van der Waals surface area contributed by atoms with Gasteiger partial charge in [-0.2, -0.15) is 0 Å². The number of aryl methyl sites for hydroxylation is 1. The number of carbonyl (C=O) groups excluding carboxylic acids is 3. The first kappa shape index (κ1) is 27.2. The van der Waals surface area contributed by atoms with Gasteiger partial charge in [0.15, 0.2) is 16.6 Å². The maximum Gasteiger partial charge on any atom is 0.350 e. The van der Waals surface area contributed by atoms with E-state index in [4.69, 9.17) is 14.2 Å². The summed E-state index contributed by atoms with van der Waals surface area (Å²) in [7, 11) is 0. The van der Waals surface area contributed by atoms with Gasteiger partial charge in [0.05, 0.1) is 30.5 Å². The molecule has 1 amide bonds. The SMILES string of the molecule is CCOC(=O)c1sc(N2C(=O)C(=O)C(=C(O)c3ccc4c(c3)CC(C)O4)C2c2ccc(O)c(OCC)c2)nc1C. The number of ketones is 1. The predicted octanol–water partition coefficient (Wildman–Crippen LogP) is 4.68. The summed E-state index contributed by atoms with van der Waals surface area (Å²) in [5.74, 6) is -2.05. The van der Waals surface area contributed by atoms with Gasteiger partial charge in [-0.3, -0.25) is 14.5 Å². The topological polar surface area (TPSA) is 135 Å². The van der Waals surface area contributed by atoms with Crippen molar-refractivity contribution in [2.75, 3.05) is 18.1 Å². The third kappa shape index (κ3) is 4.66. The van der Waals surface area contributed by atoms with Crippen molar-refractivity contribution in [3.63, 3.8) is 0 Å². The fourth-order valence-corrected chi connectivity index (χ4v) is 5.90. The minimum atomic E-state index is -1.12. The molecule has 1 aromatic heterocycles. The molecule has 0 spiro atoms. The maximum atomic E-state index is 13.5. The Labute approximate surface area is 234 Å². The van der Waals surface area contributed by atoms with Crippen molar-refractivity contribution in [2.45, 2.75) is 46.3 Å². The van der Waals surface area contributed by atoms with Gasteiger partial charge in [0.25, 0.3) is 5.78 Å². The first-order chi connectivity index (χ1) is 19.1. The van der Waals surface area contributed by atoms with E-state index in [-0.39, 0.29) is 52.2 Å². The number of phenols is 1. The van der Waals surface area contributed by atoms with Crippen LogP contribution < -0.4 is 14.4 Å². The summed E-state index contributed by atoms with van der Waals surface area (Å²) in [5.41, 5.74) is 1.81. The number of aromatic nitrogens is 1. The second-order valence-corrected chi connectivity index (χ2v) is 10.4. The van der Waals surface area contributed by atoms with Crippen LogP contribution in [-0.2, 0) is 20.7 Å². The van der Waals surface area contributed by atoms with Crippen molar-refractivity contribution in [1.29, 1.82) is 0 Å². The average Bonchev–Trinajstić information content (AvgIpc) is 3.57. The number of anilines is 1. The highest BCUT2D eigenvalue weighted by Gasteiger charge is 2.48. The number of phenolic OH excluding ortho intramolecular Hbond substituents is 1. The maximum absolute atomic E-state index is 13.5. The van der Waals surface area contributed by atoms with Crippen LogP contribution in [0.2, 0.25) is 0 Å². The van der Waals surface area contributed by atoms with Gasteiger partial charge in [0.1, 0.15) is 22.5 Å². The van der Waals surface area contributed by atoms with Crippen molar-refractivity contribution in [3.8, 4) is 17.2 Å². The van der Waals surface area contributed by atoms with Crippen molar-refractivity contribution >= 4 is 39.9 Å². The van der Waals surface area contributed by atoms with E-state index in [1.807, 2.05) is 6.92 Å². The Morgan fingerprint density at radius 2 is 1.95 bits per heavy atom. The van der Waals surface area contributed by atoms with Crippen LogP contribution in [0.1, 0.15) is 58.9 Å². The number of esters is 1. The van der Waals surface area contributed by atoms with E-state index in [0.717, 1.165) is 21.8 Å². The number of benzene rings is 2. The minimum Gasteiger partial charge on any atom is -0.507 e. The largest absolute Gasteiger partial charge is 0.507 e. The number of carbonyl (C=O) groups is 3. The summed E-state index contributed by atoms with van der Waals surface area (Å²) in [6, 6.07) is 8.43. The van der Waals surface area contributed by atoms with Crippen LogP contribution in [0.25, 0.3) is 5.76 Å². The molecule has 2 aliphatic heterocycles. The van der Waals surface area contributed by atoms with Crippen molar-refractivity contribution in [2.24, 2.45) is 0 Å². The molecule has 0 aliphatic carbocycles. The van der Waals surface area contributed by atoms with E-state index in [1.54, 1.807) is 45.0 Å². The molecule has 1 saturated heterocycles. The lowest BCUT2D eigenvalue weighted by atomic mass is 9.94. The molecule has 10 nitrogen and oxygen atoms in total. The van der Waals surface area contributed by atoms with Gasteiger partial charge < -0.3 is 24.4 Å². The number of aliphatic hydroxyl groups is 1. The highest BCUT2D eigenvalue weighted by molar-refractivity contribution is 7.17. The Morgan fingerprint density at radius 3 is 2.67 bits per heavy atom. The standard InChI is InChI=1S/C29H28N2O8S/c1-5-37-21-13-16(7-9-19(21)32)23-22(24(33)17-8-10-20-18(12-17)11-14(3)39-20)25(34)27(35)31(23)29-30-15(4)26(40-29)28(36)38-6-2/h7-10,12-14,23,32-33H,5-6,11H2,1-4H3. The first-order valence-corrected chi connectivity index (χ1v) is 13.7. The summed E-state index contributed by atoms with van der Waals surface area (Å²) < 4.78 is 16.4. The highest BCUT2D eigenvalue weighted by Crippen LogP contribution is 2.46. The molecule has 0 radical (unpaired) electrons. The van der Waals surface area contributed by atoms with Crippen LogP contribution in [0.5, 0.6) is 17.2 Å². The van der Waals surface area contributed by atoms with Crippen LogP contribution in [0.3, 0.4) is 0 Å². The third-order valence-electron chi connectivity index (χ3n) is 6.67. The number of hydrogen-bond acceptors (Lipinski definition) is 10. The molecular weight excluding hydrogens is 536 g/mol. The molecule has 2 unspecified atom stereocenters. The third-order valence-corrected chi connectivity index (χ3v) is 7.80. The Balaban J connectivity index is 1.69. The zero-order chi connectivity index (χ0) is 28.7. The van der Waals surface area contributed by atoms with Crippen molar-refractivity contribution < 1.29 is 38.8 Å². The Hall–Kier alpha value is -4.38. The fourth-order valence-electron chi connectivity index (χ4n) is 4.91. The zero-order valence-corrected chi connectivity index (χ0v) is 23.2. The normalized spacial score (nSPS) is 19.4. The number of nitrogens with zero attached hydrogens (tertiary/aromatic N) is 2. The van der Waals surface area contributed by atoms with Crippen LogP contribution in [0, 0.1) is 6.92 Å². The van der Waals surface area contributed by atoms with Crippen molar-refractivity contribution in [3.05, 3.63) is 69.2 Å². The number of aromatic hydroxyl groups is 1. The molecule has 40 heavy (non-hydrogen) atoms. The number of rotatable bonds is 7. The van der Waals surface area contributed by atoms with Gasteiger partial charge in [-0.05, 0) is 69.2 Å². The minimum absolute atomic E-state index is 0.0197. The Morgan fingerprint density at radius 1 is 1.18 bits per heavy atom. The molecule has 0 bridgehead atoms. The van der Waals surface area contributed by atoms with Crippen LogP contribution in [-0.4, -0.2) is 52.2 Å². The fraction of sp³-hybridized carbons (Fsp3) is 0.310. The molecule has 3 aromatic rings. The molecular formula is C29H28N2O8S. The molecule has 2 atom stereocenters. The molecule has 2 aromatic carbocycles. The smallest absolute Gasteiger partial charge is 0.350 e. The lowest BCUT2D eigenvalue weighted by Crippen LogP contribution is -2.29. The first-order valence-electron chi connectivity index (χ1n) is 12.9. The Bertz CT molecular complexity index is 1560. The summed E-state index contributed by atoms with van der Waals surface area (Å²) >= 11 is 0.919. The quantitative estimate of drug-likeness (QED) is 0.181. The van der Waals surface area contributed by atoms with E-state index < -0.39 is 23.7 Å². The second kappa shape index (κ2) is 10.6. The monoisotopic (exact) mass is 564 g/mol. The van der Waals surface area contributed by atoms with Gasteiger partial charge >= 0.3 is 11.9 Å². The van der Waals surface area contributed by atoms with Gasteiger partial charge in [0.2, 0.25) is 0 Å². The zero-order valence-electron chi connectivity index (χ0n) is 22.4. The summed E-state index contributed by atoms with van der Waals surface area (Å²) in [6.45, 7) is 7.41. The van der Waals surface area contributed by atoms with E-state index in [1.165, 1.54) is 12.1 Å². The van der Waals surface area contributed by atoms with Crippen LogP contribution in [0.4, 0.5) is 5.13 Å². The summed E-state index contributed by atoms with van der Waals surface area (Å²) in [4.78, 5) is 45.4. The van der Waals surface area contributed by atoms with Crippen LogP contribution >= 0.6 is 11.3 Å². The number of fused-ring (bicyclic) bond motifs is 1. The van der Waals surface area contributed by atoms with E-state index in [0.29, 0.717) is 29.0 Å². The molecule has 2 aliphatic rings. The lowest BCUT2D eigenvalue weighted by molar-refractivity contribution is -0.132. The van der Waals surface area contributed by atoms with Gasteiger partial charge in [-0.25, -0.2) is 9.78 Å². The number of amides is 1. The van der Waals surface area contributed by atoms with E-state index in [9.17, 15) is 24.6 Å². The Kier molecular flexibility index (Phi) is 7.24. The van der Waals surface area contributed by atoms with Gasteiger partial charge in [0, 0.05) is 12.0 Å². The summed E-state index contributed by atoms with van der Waals surface area (Å²) in [6.07, 6.45) is 0.618. The molecule has 11 heteroatoms. The molecule has 0 saturated carbocycles. The van der Waals surface area contributed by atoms with Gasteiger partial charge in [-0.1, -0.05) is 17.4 Å². The number of Topliss-reactive ketones (excluding diaryl/α,β-unsaturated/α-hetero) is 1. The predicted molar refractivity (Wildman–Crippen MR) is 147 cm³/mol.